The molecule has 0 aliphatic heterocycles. The van der Waals surface area contributed by atoms with Crippen LogP contribution in [0.1, 0.15) is 11.4 Å². The van der Waals surface area contributed by atoms with Gasteiger partial charge in [-0.1, -0.05) is 11.8 Å². The topological polar surface area (TPSA) is 100 Å². The number of thiazole rings is 1. The molecule has 4 aromatic rings. The molecule has 0 saturated carbocycles. The second kappa shape index (κ2) is 7.05. The lowest BCUT2D eigenvalue weighted by Gasteiger charge is -2.05. The molecule has 2 N–H and O–H groups in total. The van der Waals surface area contributed by atoms with Gasteiger partial charge >= 0.3 is 0 Å². The molecule has 0 bridgehead atoms. The maximum atomic E-state index is 12.3. The van der Waals surface area contributed by atoms with Gasteiger partial charge in [0.1, 0.15) is 5.75 Å². The van der Waals surface area contributed by atoms with Crippen molar-refractivity contribution in [1.82, 2.24) is 24.3 Å². The predicted octanol–water partition coefficient (Wildman–Crippen LogP) is 2.34. The quantitative estimate of drug-likeness (QED) is 0.405. The van der Waals surface area contributed by atoms with Gasteiger partial charge in [-0.15, -0.1) is 21.5 Å². The van der Waals surface area contributed by atoms with E-state index in [1.165, 1.54) is 27.8 Å². The van der Waals surface area contributed by atoms with Crippen LogP contribution in [-0.4, -0.2) is 31.4 Å². The monoisotopic (exact) mass is 400 g/mol. The Balaban J connectivity index is 1.55. The number of hydrogen-bond donors (Lipinski definition) is 1. The normalized spacial score (nSPS) is 11.2. The summed E-state index contributed by atoms with van der Waals surface area (Å²) in [6.45, 7) is 1.89. The van der Waals surface area contributed by atoms with Crippen LogP contribution in [0, 0.1) is 6.92 Å². The Morgan fingerprint density at radius 3 is 2.78 bits per heavy atom. The van der Waals surface area contributed by atoms with E-state index in [2.05, 4.69) is 15.2 Å². The highest BCUT2D eigenvalue weighted by atomic mass is 32.2. The van der Waals surface area contributed by atoms with Crippen molar-refractivity contribution < 1.29 is 4.74 Å². The number of hydrogen-bond acceptors (Lipinski definition) is 8. The summed E-state index contributed by atoms with van der Waals surface area (Å²) >= 11 is 2.83. The zero-order valence-electron chi connectivity index (χ0n) is 14.6. The first-order valence-electron chi connectivity index (χ1n) is 8.01. The zero-order valence-corrected chi connectivity index (χ0v) is 16.3. The highest BCUT2D eigenvalue weighted by Gasteiger charge is 2.14. The second-order valence-corrected chi connectivity index (χ2v) is 7.55. The minimum absolute atomic E-state index is 0.0810. The Bertz CT molecular complexity index is 1160. The highest BCUT2D eigenvalue weighted by molar-refractivity contribution is 7.98. The van der Waals surface area contributed by atoms with E-state index in [0.29, 0.717) is 27.4 Å². The standard InChI is InChI=1S/C17H16N6O2S2/c1-10-8-26-16-19-12(7-14(24)22(10)16)9-27-17-21-20-15(23(17)18)11-3-5-13(25-2)6-4-11/h3-8H,9,18H2,1-2H3. The van der Waals surface area contributed by atoms with E-state index in [9.17, 15) is 4.79 Å². The molecule has 3 heterocycles. The van der Waals surface area contributed by atoms with Crippen LogP contribution in [0.2, 0.25) is 0 Å². The Labute approximate surface area is 162 Å². The summed E-state index contributed by atoms with van der Waals surface area (Å²) in [6, 6.07) is 8.96. The maximum Gasteiger partial charge on any atom is 0.258 e. The fourth-order valence-electron chi connectivity index (χ4n) is 2.63. The van der Waals surface area contributed by atoms with E-state index in [-0.39, 0.29) is 5.56 Å². The molecule has 0 unspecified atom stereocenters. The summed E-state index contributed by atoms with van der Waals surface area (Å²) in [5, 5.41) is 10.8. The van der Waals surface area contributed by atoms with Crippen molar-refractivity contribution in [2.45, 2.75) is 17.8 Å². The van der Waals surface area contributed by atoms with Gasteiger partial charge in [-0.05, 0) is 31.2 Å². The van der Waals surface area contributed by atoms with E-state index in [4.69, 9.17) is 10.6 Å². The van der Waals surface area contributed by atoms with Crippen LogP contribution < -0.4 is 16.1 Å². The molecule has 0 aliphatic carbocycles. The number of thioether (sulfide) groups is 1. The van der Waals surface area contributed by atoms with Crippen LogP contribution >= 0.6 is 23.1 Å². The van der Waals surface area contributed by atoms with E-state index in [1.54, 1.807) is 17.6 Å². The molecule has 8 nitrogen and oxygen atoms in total. The molecule has 10 heteroatoms. The van der Waals surface area contributed by atoms with Crippen molar-refractivity contribution in [3.63, 3.8) is 0 Å². The zero-order chi connectivity index (χ0) is 19.0. The molecule has 0 amide bonds. The van der Waals surface area contributed by atoms with E-state index in [0.717, 1.165) is 17.0 Å². The van der Waals surface area contributed by atoms with Crippen molar-refractivity contribution in [2.24, 2.45) is 0 Å². The lowest BCUT2D eigenvalue weighted by molar-refractivity contribution is 0.415. The molecule has 0 atom stereocenters. The molecule has 0 spiro atoms. The molecule has 0 aliphatic rings. The Hall–Kier alpha value is -2.85. The molecule has 138 valence electrons. The van der Waals surface area contributed by atoms with Crippen molar-refractivity contribution >= 4 is 28.1 Å². The molecule has 1 aromatic carbocycles. The number of rotatable bonds is 5. The molecule has 0 saturated heterocycles. The average Bonchev–Trinajstić information content (AvgIpc) is 3.23. The number of nitrogen functional groups attached to an aromatic ring is 1. The van der Waals surface area contributed by atoms with Crippen LogP contribution in [0.3, 0.4) is 0 Å². The van der Waals surface area contributed by atoms with Crippen molar-refractivity contribution in [3.05, 3.63) is 57.5 Å². The second-order valence-electron chi connectivity index (χ2n) is 5.77. The number of nitrogens with two attached hydrogens (primary N) is 1. The smallest absolute Gasteiger partial charge is 0.258 e. The van der Waals surface area contributed by atoms with Gasteiger partial charge in [0, 0.05) is 28.5 Å². The molecular weight excluding hydrogens is 384 g/mol. The minimum atomic E-state index is -0.0810. The molecule has 0 radical (unpaired) electrons. The van der Waals surface area contributed by atoms with E-state index >= 15 is 0 Å². The van der Waals surface area contributed by atoms with Gasteiger partial charge in [0.05, 0.1) is 12.8 Å². The van der Waals surface area contributed by atoms with Gasteiger partial charge in [0.25, 0.3) is 5.56 Å². The third-order valence-corrected chi connectivity index (χ3v) is 5.91. The lowest BCUT2D eigenvalue weighted by atomic mass is 10.2. The third-order valence-electron chi connectivity index (χ3n) is 3.99. The number of benzene rings is 1. The average molecular weight is 400 g/mol. The summed E-state index contributed by atoms with van der Waals surface area (Å²) < 4.78 is 8.20. The number of aromatic nitrogens is 5. The van der Waals surface area contributed by atoms with Crippen LogP contribution in [0.15, 0.2) is 45.7 Å². The Kier molecular flexibility index (Phi) is 4.58. The minimum Gasteiger partial charge on any atom is -0.497 e. The van der Waals surface area contributed by atoms with Gasteiger partial charge in [-0.3, -0.25) is 9.20 Å². The fourth-order valence-corrected chi connectivity index (χ4v) is 4.27. The van der Waals surface area contributed by atoms with Crippen LogP contribution in [0.4, 0.5) is 0 Å². The van der Waals surface area contributed by atoms with Gasteiger partial charge in [-0.25, -0.2) is 9.66 Å². The van der Waals surface area contributed by atoms with Crippen molar-refractivity contribution in [3.8, 4) is 17.1 Å². The van der Waals surface area contributed by atoms with Gasteiger partial charge in [-0.2, -0.15) is 0 Å². The summed E-state index contributed by atoms with van der Waals surface area (Å²) in [4.78, 5) is 17.5. The number of methoxy groups -OCH3 is 1. The number of fused-ring (bicyclic) bond motifs is 1. The third kappa shape index (κ3) is 3.28. The number of ether oxygens (including phenoxy) is 1. The molecular formula is C17H16N6O2S2. The first kappa shape index (κ1) is 17.6. The van der Waals surface area contributed by atoms with Crippen LogP contribution in [0.5, 0.6) is 5.75 Å². The number of nitrogens with zero attached hydrogens (tertiary/aromatic N) is 5. The predicted molar refractivity (Wildman–Crippen MR) is 106 cm³/mol. The van der Waals surface area contributed by atoms with Crippen molar-refractivity contribution in [1.29, 1.82) is 0 Å². The largest absolute Gasteiger partial charge is 0.497 e. The summed E-state index contributed by atoms with van der Waals surface area (Å²) in [5.74, 6) is 7.93. The summed E-state index contributed by atoms with van der Waals surface area (Å²) in [5.41, 5.74) is 2.32. The van der Waals surface area contributed by atoms with E-state index in [1.807, 2.05) is 36.6 Å². The van der Waals surface area contributed by atoms with Crippen LogP contribution in [-0.2, 0) is 5.75 Å². The van der Waals surface area contributed by atoms with Gasteiger partial charge in [0.15, 0.2) is 10.8 Å². The summed E-state index contributed by atoms with van der Waals surface area (Å²) in [7, 11) is 1.61. The maximum absolute atomic E-state index is 12.3. The molecule has 4 rings (SSSR count). The van der Waals surface area contributed by atoms with Gasteiger partial charge in [0.2, 0.25) is 5.16 Å². The van der Waals surface area contributed by atoms with Gasteiger partial charge < -0.3 is 10.6 Å². The lowest BCUT2D eigenvalue weighted by Crippen LogP contribution is -2.15. The molecule has 3 aromatic heterocycles. The summed E-state index contributed by atoms with van der Waals surface area (Å²) in [6.07, 6.45) is 0. The first-order valence-corrected chi connectivity index (χ1v) is 9.88. The molecule has 27 heavy (non-hydrogen) atoms. The highest BCUT2D eigenvalue weighted by Crippen LogP contribution is 2.25. The van der Waals surface area contributed by atoms with Crippen LogP contribution in [0.25, 0.3) is 16.3 Å². The fraction of sp³-hybridized carbons (Fsp3) is 0.176. The Morgan fingerprint density at radius 1 is 1.26 bits per heavy atom. The SMILES string of the molecule is COc1ccc(-c2nnc(SCc3cc(=O)n4c(C)csc4n3)n2N)cc1. The van der Waals surface area contributed by atoms with Crippen molar-refractivity contribution in [2.75, 3.05) is 13.0 Å². The van der Waals surface area contributed by atoms with E-state index < -0.39 is 0 Å². The number of aryl methyl sites for hydroxylation is 1. The first-order chi connectivity index (χ1) is 13.1. The Morgan fingerprint density at radius 2 is 2.04 bits per heavy atom. The molecule has 0 fully saturated rings.